The van der Waals surface area contributed by atoms with Crippen LogP contribution in [0.5, 0.6) is 5.75 Å². The molecule has 11 heteroatoms. The third kappa shape index (κ3) is 8.84. The highest BCUT2D eigenvalue weighted by molar-refractivity contribution is 6.35. The van der Waals surface area contributed by atoms with Gasteiger partial charge in [0, 0.05) is 40.0 Å². The first-order valence-electron chi connectivity index (χ1n) is 14.2. The number of rotatable bonds is 14. The predicted molar refractivity (Wildman–Crippen MR) is 172 cm³/mol. The number of esters is 1. The van der Waals surface area contributed by atoms with Crippen molar-refractivity contribution in [2.75, 3.05) is 13.2 Å². The van der Waals surface area contributed by atoms with Gasteiger partial charge in [-0.15, -0.1) is 0 Å². The van der Waals surface area contributed by atoms with Crippen LogP contribution < -0.4 is 15.5 Å². The van der Waals surface area contributed by atoms with Crippen LogP contribution >= 0.6 is 23.2 Å². The first-order valence-corrected chi connectivity index (χ1v) is 15.0. The number of para-hydroxylation sites is 1. The van der Waals surface area contributed by atoms with Crippen molar-refractivity contribution < 1.29 is 23.9 Å². The first-order chi connectivity index (χ1) is 21.3. The molecule has 0 saturated heterocycles. The van der Waals surface area contributed by atoms with E-state index in [0.717, 1.165) is 27.7 Å². The fourth-order valence-corrected chi connectivity index (χ4v) is 5.19. The van der Waals surface area contributed by atoms with Gasteiger partial charge < -0.3 is 19.4 Å². The van der Waals surface area contributed by atoms with Gasteiger partial charge in [-0.2, -0.15) is 5.10 Å². The molecule has 0 saturated carbocycles. The molecule has 0 fully saturated rings. The van der Waals surface area contributed by atoms with Crippen LogP contribution in [0, 0.1) is 6.92 Å². The number of nitrogens with one attached hydrogen (secondary N) is 2. The quantitative estimate of drug-likeness (QED) is 0.0780. The van der Waals surface area contributed by atoms with E-state index >= 15 is 0 Å². The number of nitrogens with zero attached hydrogens (tertiary/aromatic N) is 2. The van der Waals surface area contributed by atoms with Crippen LogP contribution in [0.1, 0.15) is 36.6 Å². The zero-order valence-corrected chi connectivity index (χ0v) is 26.0. The molecule has 3 aromatic carbocycles. The normalized spacial score (nSPS) is 11.8. The van der Waals surface area contributed by atoms with Gasteiger partial charge >= 0.3 is 5.97 Å². The van der Waals surface area contributed by atoms with Gasteiger partial charge in [0.1, 0.15) is 18.3 Å². The van der Waals surface area contributed by atoms with Gasteiger partial charge in [0.2, 0.25) is 5.91 Å². The Labute approximate surface area is 266 Å². The molecule has 0 bridgehead atoms. The number of ether oxygens (including phenoxy) is 2. The van der Waals surface area contributed by atoms with Crippen molar-refractivity contribution in [3.8, 4) is 5.75 Å². The van der Waals surface area contributed by atoms with Gasteiger partial charge in [-0.1, -0.05) is 71.7 Å². The molecule has 0 aliphatic heterocycles. The number of hydrazone groups is 1. The molecule has 2 amide bonds. The van der Waals surface area contributed by atoms with Crippen molar-refractivity contribution in [1.29, 1.82) is 0 Å². The molecule has 0 spiro atoms. The average molecular weight is 638 g/mol. The minimum Gasteiger partial charge on any atom is -0.492 e. The molecule has 2 N–H and O–H groups in total. The summed E-state index contributed by atoms with van der Waals surface area (Å²) in [7, 11) is 0. The Morgan fingerprint density at radius 1 is 1.02 bits per heavy atom. The molecule has 9 nitrogen and oxygen atoms in total. The summed E-state index contributed by atoms with van der Waals surface area (Å²) in [6.45, 7) is 4.26. The largest absolute Gasteiger partial charge is 0.492 e. The van der Waals surface area contributed by atoms with E-state index in [-0.39, 0.29) is 37.9 Å². The van der Waals surface area contributed by atoms with Crippen LogP contribution in [-0.4, -0.2) is 47.8 Å². The third-order valence-corrected chi connectivity index (χ3v) is 7.41. The molecule has 1 aromatic heterocycles. The van der Waals surface area contributed by atoms with Crippen LogP contribution in [0.25, 0.3) is 10.9 Å². The number of halogens is 2. The third-order valence-electron chi connectivity index (χ3n) is 6.87. The summed E-state index contributed by atoms with van der Waals surface area (Å²) in [4.78, 5) is 38.3. The van der Waals surface area contributed by atoms with Gasteiger partial charge in [-0.3, -0.25) is 14.4 Å². The first kappa shape index (κ1) is 32.6. The molecule has 4 rings (SSSR count). The Morgan fingerprint density at radius 2 is 1.77 bits per heavy atom. The molecule has 4 aromatic rings. The number of aromatic nitrogens is 1. The zero-order chi connectivity index (χ0) is 31.5. The number of carbonyl (C=O) groups is 3. The van der Waals surface area contributed by atoms with Crippen molar-refractivity contribution in [3.63, 3.8) is 0 Å². The summed E-state index contributed by atoms with van der Waals surface area (Å²) < 4.78 is 12.7. The van der Waals surface area contributed by atoms with Crippen molar-refractivity contribution in [1.82, 2.24) is 15.3 Å². The number of carbonyl (C=O) groups excluding carboxylic acids is 3. The Hall–Kier alpha value is -4.34. The lowest BCUT2D eigenvalue weighted by molar-refractivity contribution is -0.143. The zero-order valence-electron chi connectivity index (χ0n) is 24.5. The molecule has 230 valence electrons. The number of hydrogen-bond donors (Lipinski definition) is 2. The maximum Gasteiger partial charge on any atom is 0.325 e. The highest BCUT2D eigenvalue weighted by Crippen LogP contribution is 2.28. The van der Waals surface area contributed by atoms with E-state index in [0.29, 0.717) is 28.8 Å². The van der Waals surface area contributed by atoms with Crippen molar-refractivity contribution in [3.05, 3.63) is 99.7 Å². The number of benzene rings is 3. The second-order valence-corrected chi connectivity index (χ2v) is 10.8. The van der Waals surface area contributed by atoms with E-state index in [1.165, 1.54) is 0 Å². The van der Waals surface area contributed by atoms with Crippen LogP contribution in [0.3, 0.4) is 0 Å². The number of hydrogen-bond acceptors (Lipinski definition) is 6. The Balaban J connectivity index is 1.41. The smallest absolute Gasteiger partial charge is 0.325 e. The van der Waals surface area contributed by atoms with Crippen LogP contribution in [0.15, 0.2) is 77.9 Å². The van der Waals surface area contributed by atoms with E-state index < -0.39 is 11.9 Å². The molecule has 1 atom stereocenters. The fraction of sp³-hybridized carbons (Fsp3) is 0.273. The fourth-order valence-electron chi connectivity index (χ4n) is 4.73. The molecular formula is C33H34Cl2N4O5. The van der Waals surface area contributed by atoms with Crippen LogP contribution in [-0.2, 0) is 32.1 Å². The second kappa shape index (κ2) is 15.9. The predicted octanol–water partition coefficient (Wildman–Crippen LogP) is 5.86. The standard InChI is InChI=1S/C33H34Cl2N4O5/c1-3-43-32(41)21-39-22(2)26(25-12-7-8-13-29(25)39)20-36-38-33(42)28(18-23-10-5-4-6-11-23)37-31(40)14-9-17-44-30-16-15-24(34)19-27(30)35/h4-8,10-13,15-16,19-20,28H,3,9,14,17-18,21H2,1-2H3,(H,37,40)(H,38,42)/b36-20-/t28-/m1/s1. The summed E-state index contributed by atoms with van der Waals surface area (Å²) >= 11 is 12.1. The van der Waals surface area contributed by atoms with E-state index in [9.17, 15) is 14.4 Å². The lowest BCUT2D eigenvalue weighted by Gasteiger charge is -2.17. The summed E-state index contributed by atoms with van der Waals surface area (Å²) in [6, 6.07) is 21.1. The topological polar surface area (TPSA) is 111 Å². The molecule has 0 aliphatic carbocycles. The van der Waals surface area contributed by atoms with Crippen LogP contribution in [0.4, 0.5) is 0 Å². The molecule has 0 unspecified atom stereocenters. The molecular weight excluding hydrogens is 603 g/mol. The molecule has 1 heterocycles. The summed E-state index contributed by atoms with van der Waals surface area (Å²) in [5, 5.41) is 8.83. The maximum atomic E-state index is 13.3. The summed E-state index contributed by atoms with van der Waals surface area (Å²) in [6.07, 6.45) is 2.39. The van der Waals surface area contributed by atoms with Crippen LogP contribution in [0.2, 0.25) is 10.0 Å². The van der Waals surface area contributed by atoms with E-state index in [2.05, 4.69) is 15.8 Å². The molecule has 0 radical (unpaired) electrons. The molecule has 44 heavy (non-hydrogen) atoms. The number of amides is 2. The number of fused-ring (bicyclic) bond motifs is 1. The minimum atomic E-state index is -0.861. The van der Waals surface area contributed by atoms with E-state index in [1.807, 2.05) is 66.1 Å². The Bertz CT molecular complexity index is 1640. The van der Waals surface area contributed by atoms with E-state index in [4.69, 9.17) is 32.7 Å². The van der Waals surface area contributed by atoms with Crippen molar-refractivity contribution in [2.24, 2.45) is 5.10 Å². The van der Waals surface area contributed by atoms with Crippen molar-refractivity contribution in [2.45, 2.75) is 45.7 Å². The monoisotopic (exact) mass is 636 g/mol. The van der Waals surface area contributed by atoms with Crippen molar-refractivity contribution >= 4 is 58.1 Å². The van der Waals surface area contributed by atoms with Gasteiger partial charge in [0.25, 0.3) is 5.91 Å². The maximum absolute atomic E-state index is 13.3. The molecule has 0 aliphatic rings. The van der Waals surface area contributed by atoms with E-state index in [1.54, 1.807) is 31.3 Å². The summed E-state index contributed by atoms with van der Waals surface area (Å²) in [5.41, 5.74) is 5.88. The Kier molecular flexibility index (Phi) is 11.8. The van der Waals surface area contributed by atoms with Gasteiger partial charge in [-0.25, -0.2) is 5.43 Å². The average Bonchev–Trinajstić information content (AvgIpc) is 3.26. The second-order valence-electron chi connectivity index (χ2n) is 9.98. The highest BCUT2D eigenvalue weighted by atomic mass is 35.5. The lowest BCUT2D eigenvalue weighted by Crippen LogP contribution is -2.46. The lowest BCUT2D eigenvalue weighted by atomic mass is 10.1. The minimum absolute atomic E-state index is 0.0589. The van der Waals surface area contributed by atoms with Gasteiger partial charge in [-0.05, 0) is 50.1 Å². The Morgan fingerprint density at radius 3 is 2.52 bits per heavy atom. The van der Waals surface area contributed by atoms with Gasteiger partial charge in [0.15, 0.2) is 0 Å². The van der Waals surface area contributed by atoms with Gasteiger partial charge in [0.05, 0.1) is 24.5 Å². The highest BCUT2D eigenvalue weighted by Gasteiger charge is 2.21. The summed E-state index contributed by atoms with van der Waals surface area (Å²) in [5.74, 6) is -0.618. The SMILES string of the molecule is CCOC(=O)Cn1c(C)c(/C=N\NC(=O)[C@@H](Cc2ccccc2)NC(=O)CCCOc2ccc(Cl)cc2Cl)c2ccccc21.